The number of halogens is 3. The first-order chi connectivity index (χ1) is 5.65. The van der Waals surface area contributed by atoms with Crippen LogP contribution in [-0.2, 0) is 0 Å². The number of hydrogen-bond donors (Lipinski definition) is 1. The van der Waals surface area contributed by atoms with Crippen molar-refractivity contribution >= 4 is 29.4 Å². The van der Waals surface area contributed by atoms with E-state index in [2.05, 4.69) is 5.16 Å². The third-order valence-corrected chi connectivity index (χ3v) is 1.96. The summed E-state index contributed by atoms with van der Waals surface area (Å²) in [5.41, 5.74) is 0.0897. The summed E-state index contributed by atoms with van der Waals surface area (Å²) in [5.74, 6) is -0.581. The lowest BCUT2D eigenvalue weighted by molar-refractivity contribution is 0.321. The average Bonchev–Trinajstić information content (AvgIpc) is 2.01. The Labute approximate surface area is 78.2 Å². The Balaban J connectivity index is 3.23. The van der Waals surface area contributed by atoms with E-state index in [0.29, 0.717) is 0 Å². The highest BCUT2D eigenvalue weighted by Crippen LogP contribution is 2.24. The van der Waals surface area contributed by atoms with E-state index in [9.17, 15) is 4.39 Å². The smallest absolute Gasteiger partial charge is 0.133 e. The second-order valence-electron chi connectivity index (χ2n) is 2.03. The van der Waals surface area contributed by atoms with E-state index < -0.39 is 5.82 Å². The van der Waals surface area contributed by atoms with Crippen LogP contribution < -0.4 is 0 Å². The van der Waals surface area contributed by atoms with Gasteiger partial charge in [0, 0.05) is 5.56 Å². The molecule has 0 saturated heterocycles. The predicted molar refractivity (Wildman–Crippen MR) is 45.8 cm³/mol. The van der Waals surface area contributed by atoms with E-state index in [1.165, 1.54) is 6.07 Å². The summed E-state index contributed by atoms with van der Waals surface area (Å²) in [4.78, 5) is 0. The second-order valence-corrected chi connectivity index (χ2v) is 2.85. The van der Waals surface area contributed by atoms with Crippen LogP contribution in [0.1, 0.15) is 5.56 Å². The van der Waals surface area contributed by atoms with E-state index >= 15 is 0 Å². The molecule has 0 aliphatic rings. The van der Waals surface area contributed by atoms with Crippen molar-refractivity contribution in [3.05, 3.63) is 33.6 Å². The molecule has 1 N–H and O–H groups in total. The van der Waals surface area contributed by atoms with Crippen molar-refractivity contribution < 1.29 is 9.60 Å². The molecule has 0 aromatic heterocycles. The molecule has 0 aliphatic carbocycles. The van der Waals surface area contributed by atoms with Gasteiger partial charge in [-0.3, -0.25) is 0 Å². The fraction of sp³-hybridized carbons (Fsp3) is 0. The van der Waals surface area contributed by atoms with Crippen LogP contribution in [0.15, 0.2) is 17.3 Å². The molecule has 0 saturated carbocycles. The molecule has 0 heterocycles. The van der Waals surface area contributed by atoms with Crippen LogP contribution >= 0.6 is 23.2 Å². The number of benzene rings is 1. The fourth-order valence-corrected chi connectivity index (χ4v) is 1.02. The van der Waals surface area contributed by atoms with Crippen molar-refractivity contribution in [1.29, 1.82) is 0 Å². The van der Waals surface area contributed by atoms with Gasteiger partial charge in [-0.05, 0) is 12.1 Å². The Bertz CT molecular complexity index is 327. The van der Waals surface area contributed by atoms with Crippen LogP contribution in [0.4, 0.5) is 4.39 Å². The van der Waals surface area contributed by atoms with Crippen LogP contribution in [0, 0.1) is 5.82 Å². The van der Waals surface area contributed by atoms with E-state index in [-0.39, 0.29) is 15.6 Å². The Morgan fingerprint density at radius 2 is 1.92 bits per heavy atom. The zero-order valence-corrected chi connectivity index (χ0v) is 7.27. The highest BCUT2D eigenvalue weighted by molar-refractivity contribution is 6.42. The number of oxime groups is 1. The molecule has 0 aliphatic heterocycles. The van der Waals surface area contributed by atoms with Crippen LogP contribution in [0.25, 0.3) is 0 Å². The Kier molecular flexibility index (Phi) is 2.89. The molecule has 0 spiro atoms. The zero-order valence-electron chi connectivity index (χ0n) is 5.76. The molecule has 1 aromatic rings. The quantitative estimate of drug-likeness (QED) is 0.327. The molecular formula is C7H4Cl2FNO. The van der Waals surface area contributed by atoms with Gasteiger partial charge in [0.05, 0.1) is 16.3 Å². The number of rotatable bonds is 1. The van der Waals surface area contributed by atoms with Crippen LogP contribution in [0.3, 0.4) is 0 Å². The average molecular weight is 208 g/mol. The summed E-state index contributed by atoms with van der Waals surface area (Å²) < 4.78 is 12.9. The highest BCUT2D eigenvalue weighted by Gasteiger charge is 2.04. The van der Waals surface area contributed by atoms with Crippen molar-refractivity contribution in [3.63, 3.8) is 0 Å². The lowest BCUT2D eigenvalue weighted by atomic mass is 10.2. The molecule has 0 fully saturated rings. The highest BCUT2D eigenvalue weighted by atomic mass is 35.5. The summed E-state index contributed by atoms with van der Waals surface area (Å²) in [7, 11) is 0. The van der Waals surface area contributed by atoms with Crippen molar-refractivity contribution in [3.8, 4) is 0 Å². The molecule has 0 atom stereocenters. The fourth-order valence-electron chi connectivity index (χ4n) is 0.699. The Morgan fingerprint density at radius 3 is 2.50 bits per heavy atom. The van der Waals surface area contributed by atoms with Crippen LogP contribution in [0.5, 0.6) is 0 Å². The summed E-state index contributed by atoms with van der Waals surface area (Å²) in [5, 5.41) is 11.1. The maximum atomic E-state index is 12.9. The second kappa shape index (κ2) is 3.74. The molecule has 1 rings (SSSR count). The monoisotopic (exact) mass is 207 g/mol. The SMILES string of the molecule is O/N=C\c1cc(Cl)c(Cl)cc1F. The van der Waals surface area contributed by atoms with E-state index in [1.54, 1.807) is 0 Å². The van der Waals surface area contributed by atoms with Crippen molar-refractivity contribution in [2.45, 2.75) is 0 Å². The van der Waals surface area contributed by atoms with Crippen molar-refractivity contribution in [1.82, 2.24) is 0 Å². The van der Waals surface area contributed by atoms with Crippen molar-refractivity contribution in [2.24, 2.45) is 5.16 Å². The Morgan fingerprint density at radius 1 is 1.33 bits per heavy atom. The molecule has 0 unspecified atom stereocenters. The number of hydrogen-bond acceptors (Lipinski definition) is 2. The molecule has 5 heteroatoms. The van der Waals surface area contributed by atoms with E-state index in [4.69, 9.17) is 28.4 Å². The standard InChI is InChI=1S/C7H4Cl2FNO/c8-5-1-4(3-11-12)7(10)2-6(5)9/h1-3,12H/b11-3-. The Hall–Kier alpha value is -0.800. The summed E-state index contributed by atoms with van der Waals surface area (Å²) >= 11 is 11.1. The van der Waals surface area contributed by atoms with Gasteiger partial charge in [-0.1, -0.05) is 28.4 Å². The van der Waals surface area contributed by atoms with Gasteiger partial charge < -0.3 is 5.21 Å². The van der Waals surface area contributed by atoms with Gasteiger partial charge in [0.15, 0.2) is 0 Å². The third-order valence-electron chi connectivity index (χ3n) is 1.24. The molecule has 0 bridgehead atoms. The van der Waals surface area contributed by atoms with Gasteiger partial charge >= 0.3 is 0 Å². The van der Waals surface area contributed by atoms with Crippen LogP contribution in [-0.4, -0.2) is 11.4 Å². The number of nitrogens with zero attached hydrogens (tertiary/aromatic N) is 1. The van der Waals surface area contributed by atoms with Gasteiger partial charge in [0.1, 0.15) is 5.82 Å². The van der Waals surface area contributed by atoms with Gasteiger partial charge in [0.25, 0.3) is 0 Å². The molecule has 0 radical (unpaired) electrons. The topological polar surface area (TPSA) is 32.6 Å². The van der Waals surface area contributed by atoms with Gasteiger partial charge in [-0.15, -0.1) is 0 Å². The van der Waals surface area contributed by atoms with E-state index in [1.807, 2.05) is 0 Å². The summed E-state index contributed by atoms with van der Waals surface area (Å²) in [6.45, 7) is 0. The van der Waals surface area contributed by atoms with Gasteiger partial charge in [0.2, 0.25) is 0 Å². The maximum Gasteiger partial charge on any atom is 0.133 e. The summed E-state index contributed by atoms with van der Waals surface area (Å²) in [6, 6.07) is 2.33. The largest absolute Gasteiger partial charge is 0.411 e. The molecule has 2 nitrogen and oxygen atoms in total. The van der Waals surface area contributed by atoms with Gasteiger partial charge in [-0.2, -0.15) is 0 Å². The molecular weight excluding hydrogens is 204 g/mol. The lowest BCUT2D eigenvalue weighted by Gasteiger charge is -1.98. The molecule has 1 aromatic carbocycles. The molecule has 12 heavy (non-hydrogen) atoms. The third kappa shape index (κ3) is 1.87. The summed E-state index contributed by atoms with van der Waals surface area (Å²) in [6.07, 6.45) is 0.942. The van der Waals surface area contributed by atoms with Crippen molar-refractivity contribution in [2.75, 3.05) is 0 Å². The minimum Gasteiger partial charge on any atom is -0.411 e. The van der Waals surface area contributed by atoms with Gasteiger partial charge in [-0.25, -0.2) is 4.39 Å². The van der Waals surface area contributed by atoms with Crippen LogP contribution in [0.2, 0.25) is 10.0 Å². The normalized spacial score (nSPS) is 10.9. The lowest BCUT2D eigenvalue weighted by Crippen LogP contribution is -1.88. The first-order valence-corrected chi connectivity index (χ1v) is 3.72. The zero-order chi connectivity index (χ0) is 9.14. The first-order valence-electron chi connectivity index (χ1n) is 2.97. The molecule has 64 valence electrons. The van der Waals surface area contributed by atoms with E-state index in [0.717, 1.165) is 12.3 Å². The minimum atomic E-state index is -0.581. The minimum absolute atomic E-state index is 0.0897. The first kappa shape index (κ1) is 9.29. The maximum absolute atomic E-state index is 12.9. The predicted octanol–water partition coefficient (Wildman–Crippen LogP) is 2.94. The molecule has 0 amide bonds.